The van der Waals surface area contributed by atoms with Crippen molar-refractivity contribution in [1.29, 1.82) is 0 Å². The lowest BCUT2D eigenvalue weighted by atomic mass is 10.6. The van der Waals surface area contributed by atoms with Gasteiger partial charge in [0.1, 0.15) is 4.11 Å². The molecular formula is C8H10IN3O2. The van der Waals surface area contributed by atoms with E-state index in [-0.39, 0.29) is 10.0 Å². The standard InChI is InChI=1S/C8H10IN3O2/c1-5(9)14-8-4-10-3-7(12-8)11-6(2)13/h3-5H,1-2H3,(H,11,12,13). The quantitative estimate of drug-likeness (QED) is 0.680. The Morgan fingerprint density at radius 1 is 1.64 bits per heavy atom. The molecule has 6 heteroatoms. The molecule has 76 valence electrons. The molecular weight excluding hydrogens is 297 g/mol. The van der Waals surface area contributed by atoms with Crippen LogP contribution in [-0.4, -0.2) is 20.0 Å². The molecule has 0 aromatic carbocycles. The van der Waals surface area contributed by atoms with Gasteiger partial charge in [0.25, 0.3) is 0 Å². The van der Waals surface area contributed by atoms with Crippen LogP contribution in [0, 0.1) is 0 Å². The largest absolute Gasteiger partial charge is 0.463 e. The number of carbonyl (C=O) groups is 1. The van der Waals surface area contributed by atoms with Crippen molar-refractivity contribution < 1.29 is 9.53 Å². The molecule has 0 bridgehead atoms. The van der Waals surface area contributed by atoms with Gasteiger partial charge in [-0.05, 0) is 29.5 Å². The number of nitrogens with one attached hydrogen (secondary N) is 1. The van der Waals surface area contributed by atoms with Crippen molar-refractivity contribution in [2.45, 2.75) is 18.0 Å². The minimum Gasteiger partial charge on any atom is -0.463 e. The topological polar surface area (TPSA) is 64.1 Å². The fourth-order valence-corrected chi connectivity index (χ4v) is 1.07. The lowest BCUT2D eigenvalue weighted by molar-refractivity contribution is -0.114. The van der Waals surface area contributed by atoms with E-state index in [9.17, 15) is 4.79 Å². The van der Waals surface area contributed by atoms with Gasteiger partial charge in [0.2, 0.25) is 11.8 Å². The fourth-order valence-electron chi connectivity index (χ4n) is 0.812. The molecule has 0 spiro atoms. The summed E-state index contributed by atoms with van der Waals surface area (Å²) in [5.41, 5.74) is 0. The van der Waals surface area contributed by atoms with Crippen LogP contribution in [0.2, 0.25) is 0 Å². The highest BCUT2D eigenvalue weighted by Crippen LogP contribution is 2.12. The summed E-state index contributed by atoms with van der Waals surface area (Å²) in [6, 6.07) is 0. The molecule has 0 radical (unpaired) electrons. The van der Waals surface area contributed by atoms with E-state index in [1.165, 1.54) is 19.3 Å². The third-order valence-corrected chi connectivity index (χ3v) is 1.45. The van der Waals surface area contributed by atoms with Gasteiger partial charge in [-0.2, -0.15) is 4.98 Å². The number of nitrogens with zero attached hydrogens (tertiary/aromatic N) is 2. The molecule has 0 aliphatic rings. The Bertz CT molecular complexity index is 330. The van der Waals surface area contributed by atoms with E-state index < -0.39 is 0 Å². The van der Waals surface area contributed by atoms with E-state index in [2.05, 4.69) is 37.9 Å². The van der Waals surface area contributed by atoms with Gasteiger partial charge >= 0.3 is 0 Å². The van der Waals surface area contributed by atoms with Gasteiger partial charge in [-0.15, -0.1) is 0 Å². The second kappa shape index (κ2) is 5.08. The first-order valence-corrected chi connectivity index (χ1v) is 5.23. The highest BCUT2D eigenvalue weighted by molar-refractivity contribution is 14.1. The van der Waals surface area contributed by atoms with E-state index in [0.717, 1.165) is 0 Å². The first kappa shape index (κ1) is 11.2. The molecule has 1 heterocycles. The van der Waals surface area contributed by atoms with Gasteiger partial charge in [-0.3, -0.25) is 9.78 Å². The molecule has 1 aromatic heterocycles. The van der Waals surface area contributed by atoms with Crippen molar-refractivity contribution in [3.05, 3.63) is 12.4 Å². The molecule has 1 atom stereocenters. The van der Waals surface area contributed by atoms with Crippen molar-refractivity contribution >= 4 is 34.3 Å². The number of carbonyl (C=O) groups excluding carboxylic acids is 1. The number of alkyl halides is 1. The molecule has 1 aromatic rings. The van der Waals surface area contributed by atoms with Gasteiger partial charge in [0.05, 0.1) is 12.4 Å². The van der Waals surface area contributed by atoms with Gasteiger partial charge in [0, 0.05) is 6.92 Å². The molecule has 1 unspecified atom stereocenters. The summed E-state index contributed by atoms with van der Waals surface area (Å²) in [4.78, 5) is 18.6. The Labute approximate surface area is 95.4 Å². The van der Waals surface area contributed by atoms with Crippen molar-refractivity contribution in [1.82, 2.24) is 9.97 Å². The number of hydrogen-bond donors (Lipinski definition) is 1. The van der Waals surface area contributed by atoms with Crippen LogP contribution >= 0.6 is 22.6 Å². The SMILES string of the molecule is CC(=O)Nc1cncc(OC(C)I)n1. The van der Waals surface area contributed by atoms with Crippen molar-refractivity contribution in [2.75, 3.05) is 5.32 Å². The van der Waals surface area contributed by atoms with E-state index >= 15 is 0 Å². The van der Waals surface area contributed by atoms with Crippen LogP contribution in [0.25, 0.3) is 0 Å². The number of rotatable bonds is 3. The van der Waals surface area contributed by atoms with Gasteiger partial charge < -0.3 is 10.1 Å². The van der Waals surface area contributed by atoms with Crippen LogP contribution in [0.15, 0.2) is 12.4 Å². The minimum atomic E-state index is -0.182. The van der Waals surface area contributed by atoms with E-state index in [1.54, 1.807) is 0 Å². The van der Waals surface area contributed by atoms with Crippen LogP contribution < -0.4 is 10.1 Å². The minimum absolute atomic E-state index is 0.00878. The average Bonchev–Trinajstić information content (AvgIpc) is 2.01. The summed E-state index contributed by atoms with van der Waals surface area (Å²) in [5, 5.41) is 2.52. The Kier molecular flexibility index (Phi) is 4.05. The van der Waals surface area contributed by atoms with Gasteiger partial charge in [-0.25, -0.2) is 0 Å². The molecule has 14 heavy (non-hydrogen) atoms. The summed E-state index contributed by atoms with van der Waals surface area (Å²) in [5.74, 6) is 0.615. The van der Waals surface area contributed by atoms with Crippen molar-refractivity contribution in [2.24, 2.45) is 0 Å². The zero-order chi connectivity index (χ0) is 10.6. The van der Waals surface area contributed by atoms with Crippen LogP contribution in [0.1, 0.15) is 13.8 Å². The van der Waals surface area contributed by atoms with Crippen LogP contribution in [0.4, 0.5) is 5.82 Å². The number of amides is 1. The van der Waals surface area contributed by atoms with E-state index in [1.807, 2.05) is 6.92 Å². The number of aromatic nitrogens is 2. The second-order valence-electron chi connectivity index (χ2n) is 2.58. The van der Waals surface area contributed by atoms with E-state index in [4.69, 9.17) is 4.74 Å². The maximum Gasteiger partial charge on any atom is 0.235 e. The summed E-state index contributed by atoms with van der Waals surface area (Å²) >= 11 is 2.11. The Morgan fingerprint density at radius 2 is 2.36 bits per heavy atom. The van der Waals surface area contributed by atoms with Crippen LogP contribution in [0.5, 0.6) is 5.88 Å². The highest BCUT2D eigenvalue weighted by atomic mass is 127. The van der Waals surface area contributed by atoms with Gasteiger partial charge in [0.15, 0.2) is 5.82 Å². The van der Waals surface area contributed by atoms with Gasteiger partial charge in [-0.1, -0.05) is 0 Å². The molecule has 1 N–H and O–H groups in total. The zero-order valence-electron chi connectivity index (χ0n) is 7.82. The summed E-state index contributed by atoms with van der Waals surface area (Å²) in [6.07, 6.45) is 2.96. The maximum atomic E-state index is 10.7. The molecule has 0 fully saturated rings. The number of ether oxygens (including phenoxy) is 1. The van der Waals surface area contributed by atoms with Crippen molar-refractivity contribution in [3.63, 3.8) is 0 Å². The Morgan fingerprint density at radius 3 is 2.93 bits per heavy atom. The molecule has 5 nitrogen and oxygen atoms in total. The second-order valence-corrected chi connectivity index (χ2v) is 4.34. The van der Waals surface area contributed by atoms with Crippen molar-refractivity contribution in [3.8, 4) is 5.88 Å². The summed E-state index contributed by atoms with van der Waals surface area (Å²) < 4.78 is 5.31. The molecule has 0 saturated carbocycles. The third kappa shape index (κ3) is 3.86. The van der Waals surface area contributed by atoms with E-state index in [0.29, 0.717) is 11.7 Å². The predicted octanol–water partition coefficient (Wildman–Crippen LogP) is 1.59. The smallest absolute Gasteiger partial charge is 0.235 e. The fraction of sp³-hybridized carbons (Fsp3) is 0.375. The maximum absolute atomic E-state index is 10.7. The summed E-state index contributed by atoms with van der Waals surface area (Å²) in [7, 11) is 0. The molecule has 0 aliphatic carbocycles. The predicted molar refractivity (Wildman–Crippen MR) is 60.4 cm³/mol. The zero-order valence-corrected chi connectivity index (χ0v) is 9.98. The monoisotopic (exact) mass is 307 g/mol. The van der Waals surface area contributed by atoms with Crippen LogP contribution in [0.3, 0.4) is 0 Å². The molecule has 0 saturated heterocycles. The number of anilines is 1. The first-order chi connectivity index (χ1) is 6.58. The Balaban J connectivity index is 2.73. The summed E-state index contributed by atoms with van der Waals surface area (Å²) in [6.45, 7) is 3.30. The first-order valence-electron chi connectivity index (χ1n) is 3.98. The van der Waals surface area contributed by atoms with Crippen LogP contribution in [-0.2, 0) is 4.79 Å². The lowest BCUT2D eigenvalue weighted by Crippen LogP contribution is -2.09. The number of halogens is 1. The highest BCUT2D eigenvalue weighted by Gasteiger charge is 2.03. The Hall–Kier alpha value is -0.920. The normalized spacial score (nSPS) is 11.9. The molecule has 1 rings (SSSR count). The third-order valence-electron chi connectivity index (χ3n) is 1.20. The molecule has 0 aliphatic heterocycles. The average molecular weight is 307 g/mol. The molecule has 1 amide bonds. The lowest BCUT2D eigenvalue weighted by Gasteiger charge is -2.07. The number of hydrogen-bond acceptors (Lipinski definition) is 4.